The maximum Gasteiger partial charge on any atom is 0.274 e. The number of nitrogens with one attached hydrogen (secondary N) is 1. The molecule has 1 aliphatic rings. The second-order valence-corrected chi connectivity index (χ2v) is 12.5. The second-order valence-electron chi connectivity index (χ2n) is 12.5. The van der Waals surface area contributed by atoms with Gasteiger partial charge < -0.3 is 25.0 Å². The van der Waals surface area contributed by atoms with Crippen LogP contribution in [-0.4, -0.2) is 42.1 Å². The van der Waals surface area contributed by atoms with Crippen LogP contribution in [0, 0.1) is 0 Å². The molecule has 4 aromatic carbocycles. The summed E-state index contributed by atoms with van der Waals surface area (Å²) in [6.45, 7) is 10.7. The molecular weight excluding hydrogens is 600 g/mol. The third-order valence-corrected chi connectivity index (χ3v) is 8.73. The fraction of sp³-hybridized carbons (Fsp3) is 0.300. The summed E-state index contributed by atoms with van der Waals surface area (Å²) in [6, 6.07) is 30.6. The fourth-order valence-corrected chi connectivity index (χ4v) is 6.20. The van der Waals surface area contributed by atoms with Crippen molar-refractivity contribution in [2.75, 3.05) is 26.2 Å². The molecule has 0 unspecified atom stereocenters. The van der Waals surface area contributed by atoms with Crippen LogP contribution in [0.4, 0.5) is 0 Å². The van der Waals surface area contributed by atoms with Crippen LogP contribution in [0.3, 0.4) is 0 Å². The Morgan fingerprint density at radius 1 is 0.917 bits per heavy atom. The Labute approximate surface area is 282 Å². The van der Waals surface area contributed by atoms with Crippen LogP contribution in [0.25, 0.3) is 22.5 Å². The van der Waals surface area contributed by atoms with Crippen molar-refractivity contribution in [3.05, 3.63) is 125 Å². The summed E-state index contributed by atoms with van der Waals surface area (Å²) in [5, 5.41) is 7.29. The third kappa shape index (κ3) is 7.46. The van der Waals surface area contributed by atoms with Crippen molar-refractivity contribution < 1.29 is 18.8 Å². The van der Waals surface area contributed by atoms with Gasteiger partial charge in [0.25, 0.3) is 5.91 Å². The van der Waals surface area contributed by atoms with E-state index in [1.54, 1.807) is 0 Å². The van der Waals surface area contributed by atoms with Crippen molar-refractivity contribution in [1.82, 2.24) is 15.4 Å². The predicted molar refractivity (Wildman–Crippen MR) is 189 cm³/mol. The molecule has 1 amide bonds. The molecule has 0 saturated heterocycles. The van der Waals surface area contributed by atoms with Gasteiger partial charge in [-0.2, -0.15) is 0 Å². The highest BCUT2D eigenvalue weighted by atomic mass is 16.5. The molecule has 1 aromatic heterocycles. The van der Waals surface area contributed by atoms with Crippen LogP contribution in [0.2, 0.25) is 0 Å². The Morgan fingerprint density at radius 3 is 2.25 bits per heavy atom. The van der Waals surface area contributed by atoms with Crippen molar-refractivity contribution in [1.29, 1.82) is 0 Å². The number of ether oxygens (including phenoxy) is 2. The number of carbonyl (C=O) groups excluding carboxylic acids is 1. The lowest BCUT2D eigenvalue weighted by Crippen LogP contribution is -2.34. The van der Waals surface area contributed by atoms with Crippen LogP contribution >= 0.6 is 0 Å². The average molecular weight is 645 g/mol. The van der Waals surface area contributed by atoms with Gasteiger partial charge in [0.05, 0.1) is 11.1 Å². The summed E-state index contributed by atoms with van der Waals surface area (Å²) in [5.74, 6) is 1.65. The van der Waals surface area contributed by atoms with E-state index in [1.807, 2.05) is 73.7 Å². The zero-order valence-electron chi connectivity index (χ0n) is 28.0. The number of carbonyl (C=O) groups is 1. The number of nitrogens with zero attached hydrogens (tertiary/aromatic N) is 2. The summed E-state index contributed by atoms with van der Waals surface area (Å²) in [7, 11) is 0. The second kappa shape index (κ2) is 15.3. The minimum atomic E-state index is -0.284. The van der Waals surface area contributed by atoms with Gasteiger partial charge in [0, 0.05) is 38.8 Å². The Kier molecular flexibility index (Phi) is 10.5. The molecule has 3 N–H and O–H groups in total. The summed E-state index contributed by atoms with van der Waals surface area (Å²) in [4.78, 5) is 15.8. The number of aromatic nitrogens is 1. The van der Waals surface area contributed by atoms with Gasteiger partial charge in [-0.05, 0) is 58.7 Å². The van der Waals surface area contributed by atoms with Gasteiger partial charge in [-0.25, -0.2) is 0 Å². The van der Waals surface area contributed by atoms with Crippen LogP contribution in [0.1, 0.15) is 65.0 Å². The molecule has 1 aliphatic heterocycles. The lowest BCUT2D eigenvalue weighted by Gasteiger charge is -2.28. The highest BCUT2D eigenvalue weighted by molar-refractivity contribution is 6.02. The van der Waals surface area contributed by atoms with E-state index in [9.17, 15) is 4.79 Å². The number of rotatable bonds is 13. The Bertz CT molecular complexity index is 1840. The normalized spacial score (nSPS) is 12.9. The van der Waals surface area contributed by atoms with Crippen LogP contribution in [0.15, 0.2) is 95.5 Å². The summed E-state index contributed by atoms with van der Waals surface area (Å²) in [5.41, 5.74) is 14.0. The highest BCUT2D eigenvalue weighted by Crippen LogP contribution is 2.45. The number of hydrogen-bond donors (Lipinski definition) is 2. The Balaban J connectivity index is 1.47. The van der Waals surface area contributed by atoms with E-state index in [2.05, 4.69) is 53.5 Å². The minimum absolute atomic E-state index is 0.132. The summed E-state index contributed by atoms with van der Waals surface area (Å²) < 4.78 is 19.1. The molecule has 0 saturated carbocycles. The van der Waals surface area contributed by atoms with Crippen molar-refractivity contribution in [2.24, 2.45) is 5.73 Å². The lowest BCUT2D eigenvalue weighted by atomic mass is 9.91. The number of fused-ring (bicyclic) bond motifs is 1. The Hall–Kier alpha value is -4.92. The maximum absolute atomic E-state index is 13.4. The monoisotopic (exact) mass is 644 g/mol. The number of hydrogen-bond acceptors (Lipinski definition) is 7. The third-order valence-electron chi connectivity index (χ3n) is 8.73. The highest BCUT2D eigenvalue weighted by Gasteiger charge is 2.29. The van der Waals surface area contributed by atoms with Crippen molar-refractivity contribution in [2.45, 2.75) is 52.9 Å². The van der Waals surface area contributed by atoms with E-state index in [4.69, 9.17) is 19.7 Å². The van der Waals surface area contributed by atoms with Gasteiger partial charge >= 0.3 is 0 Å². The minimum Gasteiger partial charge on any atom is -0.488 e. The van der Waals surface area contributed by atoms with Gasteiger partial charge in [-0.1, -0.05) is 97.9 Å². The molecule has 0 radical (unpaired) electrons. The average Bonchev–Trinajstić information content (AvgIpc) is 3.56. The molecule has 48 heavy (non-hydrogen) atoms. The van der Waals surface area contributed by atoms with Crippen molar-refractivity contribution in [3.8, 4) is 33.9 Å². The van der Waals surface area contributed by atoms with E-state index < -0.39 is 0 Å². The number of amides is 1. The van der Waals surface area contributed by atoms with E-state index >= 15 is 0 Å². The van der Waals surface area contributed by atoms with Gasteiger partial charge in [-0.3, -0.25) is 9.69 Å². The fourth-order valence-electron chi connectivity index (χ4n) is 6.20. The molecular formula is C40H44N4O4. The molecule has 0 fully saturated rings. The molecule has 2 heterocycles. The zero-order chi connectivity index (χ0) is 33.5. The standard InChI is InChI=1S/C40H44N4O4/c1-4-42-40(45)38-37(31-15-16-32-24-44(20-18-41)19-17-30(32)21-31)39(48-43-38)34-22-33(27(2)3)35(46-25-28-11-7-5-8-12-28)23-36(34)47-26-29-13-9-6-10-14-29/h5-16,21-23,27H,4,17-20,24-26,41H2,1-3H3,(H,42,45). The Morgan fingerprint density at radius 2 is 1.60 bits per heavy atom. The molecule has 0 aliphatic carbocycles. The van der Waals surface area contributed by atoms with E-state index in [0.29, 0.717) is 48.9 Å². The molecule has 6 rings (SSSR count). The van der Waals surface area contributed by atoms with Gasteiger partial charge in [-0.15, -0.1) is 0 Å². The molecule has 8 nitrogen and oxygen atoms in total. The molecule has 0 spiro atoms. The van der Waals surface area contributed by atoms with Crippen LogP contribution in [-0.2, 0) is 26.2 Å². The number of nitrogens with two attached hydrogens (primary N) is 1. The molecule has 248 valence electrons. The van der Waals surface area contributed by atoms with Gasteiger partial charge in [0.15, 0.2) is 11.5 Å². The number of benzene rings is 4. The SMILES string of the molecule is CCNC(=O)c1noc(-c2cc(C(C)C)c(OCc3ccccc3)cc2OCc2ccccc2)c1-c1ccc2c(c1)CCN(CCN)C2. The first-order valence-electron chi connectivity index (χ1n) is 16.8. The largest absolute Gasteiger partial charge is 0.488 e. The first-order chi connectivity index (χ1) is 23.4. The molecule has 0 bridgehead atoms. The first-order valence-corrected chi connectivity index (χ1v) is 16.8. The lowest BCUT2D eigenvalue weighted by molar-refractivity contribution is 0.0947. The maximum atomic E-state index is 13.4. The van der Waals surface area contributed by atoms with E-state index in [0.717, 1.165) is 54.1 Å². The quantitative estimate of drug-likeness (QED) is 0.138. The van der Waals surface area contributed by atoms with Crippen molar-refractivity contribution >= 4 is 5.91 Å². The first kappa shape index (κ1) is 33.0. The van der Waals surface area contributed by atoms with E-state index in [-0.39, 0.29) is 17.5 Å². The predicted octanol–water partition coefficient (Wildman–Crippen LogP) is 7.36. The van der Waals surface area contributed by atoms with Gasteiger partial charge in [0.1, 0.15) is 24.7 Å². The van der Waals surface area contributed by atoms with Gasteiger partial charge in [0.2, 0.25) is 0 Å². The topological polar surface area (TPSA) is 103 Å². The smallest absolute Gasteiger partial charge is 0.274 e. The summed E-state index contributed by atoms with van der Waals surface area (Å²) in [6.07, 6.45) is 0.899. The summed E-state index contributed by atoms with van der Waals surface area (Å²) >= 11 is 0. The van der Waals surface area contributed by atoms with Crippen LogP contribution in [0.5, 0.6) is 11.5 Å². The van der Waals surface area contributed by atoms with E-state index in [1.165, 1.54) is 11.1 Å². The molecule has 0 atom stereocenters. The molecule has 8 heteroatoms. The molecule has 5 aromatic rings. The van der Waals surface area contributed by atoms with Crippen LogP contribution < -0.4 is 20.5 Å². The van der Waals surface area contributed by atoms with Crippen molar-refractivity contribution in [3.63, 3.8) is 0 Å². The zero-order valence-corrected chi connectivity index (χ0v) is 28.0.